The van der Waals surface area contributed by atoms with Gasteiger partial charge in [-0.15, -0.1) is 11.3 Å². The van der Waals surface area contributed by atoms with Gasteiger partial charge in [-0.2, -0.15) is 0 Å². The zero-order valence-electron chi connectivity index (χ0n) is 16.9. The highest BCUT2D eigenvalue weighted by atomic mass is 32.2. The standard InChI is InChI=1S/C22H21N3O4S2/c1-14(26)13-30-22-24-18-7-6-15(12-19(18)31-22)23-20(27)16-4-2-3-5-17(16)21(28)25-8-10-29-11-9-25/h2-7,12H,8-11,13H2,1H3,(H,23,27). The molecule has 1 N–H and O–H groups in total. The Morgan fingerprint density at radius 3 is 2.61 bits per heavy atom. The highest BCUT2D eigenvalue weighted by molar-refractivity contribution is 8.01. The molecule has 9 heteroatoms. The van der Waals surface area contributed by atoms with E-state index >= 15 is 0 Å². The third-order valence-electron chi connectivity index (χ3n) is 4.73. The van der Waals surface area contributed by atoms with Gasteiger partial charge >= 0.3 is 0 Å². The van der Waals surface area contributed by atoms with Crippen molar-refractivity contribution in [2.45, 2.75) is 11.3 Å². The molecular formula is C22H21N3O4S2. The molecule has 2 heterocycles. The fourth-order valence-electron chi connectivity index (χ4n) is 3.21. The molecule has 160 valence electrons. The van der Waals surface area contributed by atoms with Crippen molar-refractivity contribution in [3.8, 4) is 0 Å². The van der Waals surface area contributed by atoms with E-state index < -0.39 is 0 Å². The number of amides is 2. The number of ether oxygens (including phenoxy) is 1. The summed E-state index contributed by atoms with van der Waals surface area (Å²) in [4.78, 5) is 43.3. The quantitative estimate of drug-likeness (QED) is 0.570. The highest BCUT2D eigenvalue weighted by Gasteiger charge is 2.23. The number of benzene rings is 2. The number of hydrogen-bond donors (Lipinski definition) is 1. The Balaban J connectivity index is 1.52. The lowest BCUT2D eigenvalue weighted by atomic mass is 10.0. The maximum atomic E-state index is 13.0. The molecule has 0 saturated carbocycles. The maximum Gasteiger partial charge on any atom is 0.256 e. The fourth-order valence-corrected chi connectivity index (χ4v) is 5.12. The molecule has 0 bridgehead atoms. The Morgan fingerprint density at radius 2 is 1.87 bits per heavy atom. The lowest BCUT2D eigenvalue weighted by Crippen LogP contribution is -2.41. The summed E-state index contributed by atoms with van der Waals surface area (Å²) in [7, 11) is 0. The minimum atomic E-state index is -0.341. The van der Waals surface area contributed by atoms with Crippen molar-refractivity contribution >= 4 is 56.6 Å². The Labute approximate surface area is 187 Å². The zero-order chi connectivity index (χ0) is 21.8. The lowest BCUT2D eigenvalue weighted by molar-refractivity contribution is -0.114. The number of thiazole rings is 1. The molecule has 0 spiro atoms. The van der Waals surface area contributed by atoms with Gasteiger partial charge < -0.3 is 15.0 Å². The topological polar surface area (TPSA) is 88.6 Å². The Morgan fingerprint density at radius 1 is 1.13 bits per heavy atom. The first-order valence-electron chi connectivity index (χ1n) is 9.81. The average molecular weight is 456 g/mol. The van der Waals surface area contributed by atoms with E-state index in [0.717, 1.165) is 14.6 Å². The van der Waals surface area contributed by atoms with Crippen molar-refractivity contribution in [2.75, 3.05) is 37.4 Å². The van der Waals surface area contributed by atoms with Gasteiger partial charge in [0.25, 0.3) is 11.8 Å². The van der Waals surface area contributed by atoms with Crippen molar-refractivity contribution in [1.82, 2.24) is 9.88 Å². The smallest absolute Gasteiger partial charge is 0.256 e. The molecular weight excluding hydrogens is 434 g/mol. The van der Waals surface area contributed by atoms with Gasteiger partial charge in [-0.1, -0.05) is 23.9 Å². The number of carbonyl (C=O) groups is 3. The number of rotatable bonds is 6. The van der Waals surface area contributed by atoms with E-state index in [0.29, 0.717) is 48.9 Å². The van der Waals surface area contributed by atoms with E-state index in [-0.39, 0.29) is 17.6 Å². The molecule has 0 radical (unpaired) electrons. The molecule has 1 aliphatic heterocycles. The van der Waals surface area contributed by atoms with Gasteiger partial charge in [-0.25, -0.2) is 4.98 Å². The summed E-state index contributed by atoms with van der Waals surface area (Å²) in [5, 5.41) is 2.89. The normalized spacial score (nSPS) is 13.9. The molecule has 1 saturated heterocycles. The Kier molecular flexibility index (Phi) is 6.64. The molecule has 0 unspecified atom stereocenters. The summed E-state index contributed by atoms with van der Waals surface area (Å²) in [6.07, 6.45) is 0. The van der Waals surface area contributed by atoms with Gasteiger partial charge in [0.15, 0.2) is 4.34 Å². The first kappa shape index (κ1) is 21.5. The first-order chi connectivity index (χ1) is 15.0. The van der Waals surface area contributed by atoms with Gasteiger partial charge in [-0.3, -0.25) is 14.4 Å². The molecule has 2 amide bonds. The molecule has 3 aromatic rings. The van der Waals surface area contributed by atoms with Crippen molar-refractivity contribution in [1.29, 1.82) is 0 Å². The Bertz CT molecular complexity index is 1140. The van der Waals surface area contributed by atoms with Crippen LogP contribution in [0.3, 0.4) is 0 Å². The number of carbonyl (C=O) groups excluding carboxylic acids is 3. The second-order valence-corrected chi connectivity index (χ2v) is 9.31. The molecule has 0 aliphatic carbocycles. The second kappa shape index (κ2) is 9.59. The average Bonchev–Trinajstić information content (AvgIpc) is 3.20. The molecule has 31 heavy (non-hydrogen) atoms. The summed E-state index contributed by atoms with van der Waals surface area (Å²) in [5.74, 6) is -0.0222. The van der Waals surface area contributed by atoms with Crippen molar-refractivity contribution < 1.29 is 19.1 Å². The van der Waals surface area contributed by atoms with E-state index in [9.17, 15) is 14.4 Å². The number of nitrogens with one attached hydrogen (secondary N) is 1. The van der Waals surface area contributed by atoms with E-state index in [1.54, 1.807) is 42.2 Å². The summed E-state index contributed by atoms with van der Waals surface area (Å²) in [5.41, 5.74) is 2.15. The summed E-state index contributed by atoms with van der Waals surface area (Å²) in [6, 6.07) is 12.3. The van der Waals surface area contributed by atoms with Crippen molar-refractivity contribution in [2.24, 2.45) is 0 Å². The van der Waals surface area contributed by atoms with E-state index in [1.807, 2.05) is 12.1 Å². The fraction of sp³-hybridized carbons (Fsp3) is 0.273. The number of ketones is 1. The number of Topliss-reactive ketones (excluding diaryl/α,β-unsaturated/α-hetero) is 1. The van der Waals surface area contributed by atoms with Crippen LogP contribution in [-0.2, 0) is 9.53 Å². The van der Waals surface area contributed by atoms with Crippen LogP contribution in [-0.4, -0.2) is 59.5 Å². The number of thioether (sulfide) groups is 1. The monoisotopic (exact) mass is 455 g/mol. The summed E-state index contributed by atoms with van der Waals surface area (Å²) >= 11 is 2.89. The van der Waals surface area contributed by atoms with E-state index in [2.05, 4.69) is 10.3 Å². The second-order valence-electron chi connectivity index (χ2n) is 7.06. The first-order valence-corrected chi connectivity index (χ1v) is 11.6. The Hall–Kier alpha value is -2.75. The minimum absolute atomic E-state index is 0.0995. The van der Waals surface area contributed by atoms with Crippen LogP contribution in [0.2, 0.25) is 0 Å². The van der Waals surface area contributed by atoms with Crippen LogP contribution < -0.4 is 5.32 Å². The van der Waals surface area contributed by atoms with Crippen LogP contribution in [0, 0.1) is 0 Å². The lowest BCUT2D eigenvalue weighted by Gasteiger charge is -2.27. The van der Waals surface area contributed by atoms with Crippen LogP contribution in [0.1, 0.15) is 27.6 Å². The van der Waals surface area contributed by atoms with E-state index in [4.69, 9.17) is 4.74 Å². The third kappa shape index (κ3) is 5.12. The van der Waals surface area contributed by atoms with Crippen LogP contribution in [0.4, 0.5) is 5.69 Å². The van der Waals surface area contributed by atoms with Crippen LogP contribution >= 0.6 is 23.1 Å². The van der Waals surface area contributed by atoms with Crippen molar-refractivity contribution in [3.63, 3.8) is 0 Å². The highest BCUT2D eigenvalue weighted by Crippen LogP contribution is 2.31. The van der Waals surface area contributed by atoms with Crippen molar-refractivity contribution in [3.05, 3.63) is 53.6 Å². The number of hydrogen-bond acceptors (Lipinski definition) is 7. The van der Waals surface area contributed by atoms with Crippen LogP contribution in [0.15, 0.2) is 46.8 Å². The number of anilines is 1. The molecule has 4 rings (SSSR count). The maximum absolute atomic E-state index is 13.0. The number of aromatic nitrogens is 1. The molecule has 1 aliphatic rings. The molecule has 7 nitrogen and oxygen atoms in total. The molecule has 0 atom stereocenters. The largest absolute Gasteiger partial charge is 0.378 e. The predicted molar refractivity (Wildman–Crippen MR) is 122 cm³/mol. The minimum Gasteiger partial charge on any atom is -0.378 e. The van der Waals surface area contributed by atoms with Crippen LogP contribution in [0.5, 0.6) is 0 Å². The van der Waals surface area contributed by atoms with Crippen LogP contribution in [0.25, 0.3) is 10.2 Å². The van der Waals surface area contributed by atoms with Gasteiger partial charge in [-0.05, 0) is 37.3 Å². The summed E-state index contributed by atoms with van der Waals surface area (Å²) in [6.45, 7) is 3.58. The van der Waals surface area contributed by atoms with Gasteiger partial charge in [0.1, 0.15) is 5.78 Å². The SMILES string of the molecule is CC(=O)CSc1nc2ccc(NC(=O)c3ccccc3C(=O)N3CCOCC3)cc2s1. The van der Waals surface area contributed by atoms with Gasteiger partial charge in [0.2, 0.25) is 0 Å². The number of fused-ring (bicyclic) bond motifs is 1. The predicted octanol–water partition coefficient (Wildman–Crippen LogP) is 3.70. The molecule has 1 aromatic heterocycles. The number of nitrogens with zero attached hydrogens (tertiary/aromatic N) is 2. The van der Waals surface area contributed by atoms with E-state index in [1.165, 1.54) is 23.1 Å². The zero-order valence-corrected chi connectivity index (χ0v) is 18.6. The van der Waals surface area contributed by atoms with Gasteiger partial charge in [0.05, 0.1) is 40.3 Å². The summed E-state index contributed by atoms with van der Waals surface area (Å²) < 4.78 is 7.04. The molecule has 1 fully saturated rings. The molecule has 2 aromatic carbocycles. The third-order valence-corrected chi connectivity index (χ3v) is 7.03. The number of morpholine rings is 1. The van der Waals surface area contributed by atoms with Gasteiger partial charge in [0, 0.05) is 18.8 Å².